The molecule has 1 aromatic rings. The molecule has 0 spiro atoms. The van der Waals surface area contributed by atoms with E-state index in [4.69, 9.17) is 15.9 Å². The molecule has 5 N–H and O–H groups in total. The predicted molar refractivity (Wildman–Crippen MR) is 71.5 cm³/mol. The standard InChI is InChI=1S/C10H16N2O2.2ClH/c1-10(6-13,7-14)12-9-4-2-8(11)3-5-9;;/h2-5,12-14H,6-7,11H2,1H3;2*1H. The number of halogens is 2. The van der Waals surface area contributed by atoms with Crippen molar-refractivity contribution >= 4 is 36.2 Å². The van der Waals surface area contributed by atoms with Gasteiger partial charge in [-0.25, -0.2) is 0 Å². The van der Waals surface area contributed by atoms with Crippen molar-refractivity contribution in [3.63, 3.8) is 0 Å². The second-order valence-electron chi connectivity index (χ2n) is 3.62. The third kappa shape index (κ3) is 4.90. The summed E-state index contributed by atoms with van der Waals surface area (Å²) in [5.74, 6) is 0. The van der Waals surface area contributed by atoms with Gasteiger partial charge < -0.3 is 21.3 Å². The number of hydrogen-bond donors (Lipinski definition) is 4. The lowest BCUT2D eigenvalue weighted by Gasteiger charge is -2.27. The van der Waals surface area contributed by atoms with Crippen molar-refractivity contribution in [1.29, 1.82) is 0 Å². The molecular weight excluding hydrogens is 251 g/mol. The molecule has 1 aromatic carbocycles. The van der Waals surface area contributed by atoms with Crippen LogP contribution in [0.25, 0.3) is 0 Å². The van der Waals surface area contributed by atoms with E-state index in [1.807, 2.05) is 0 Å². The lowest BCUT2D eigenvalue weighted by molar-refractivity contribution is 0.147. The summed E-state index contributed by atoms with van der Waals surface area (Å²) in [6.45, 7) is 1.48. The number of nitrogens with two attached hydrogens (primary N) is 1. The molecular formula is C10H18Cl2N2O2. The fraction of sp³-hybridized carbons (Fsp3) is 0.400. The first-order chi connectivity index (χ1) is 6.59. The van der Waals surface area contributed by atoms with Crippen LogP contribution in [0.5, 0.6) is 0 Å². The molecule has 0 unspecified atom stereocenters. The van der Waals surface area contributed by atoms with Crippen molar-refractivity contribution in [1.82, 2.24) is 0 Å². The van der Waals surface area contributed by atoms with Crippen molar-refractivity contribution in [2.75, 3.05) is 24.3 Å². The molecule has 0 saturated heterocycles. The van der Waals surface area contributed by atoms with Crippen molar-refractivity contribution in [3.05, 3.63) is 24.3 Å². The zero-order valence-corrected chi connectivity index (χ0v) is 10.6. The Balaban J connectivity index is 0. The van der Waals surface area contributed by atoms with Gasteiger partial charge in [-0.15, -0.1) is 24.8 Å². The fourth-order valence-corrected chi connectivity index (χ4v) is 1.04. The van der Waals surface area contributed by atoms with Crippen LogP contribution in [0.1, 0.15) is 6.92 Å². The second-order valence-corrected chi connectivity index (χ2v) is 3.62. The van der Waals surface area contributed by atoms with Crippen LogP contribution in [0.15, 0.2) is 24.3 Å². The van der Waals surface area contributed by atoms with Gasteiger partial charge in [0.2, 0.25) is 0 Å². The zero-order valence-electron chi connectivity index (χ0n) is 9.01. The largest absolute Gasteiger partial charge is 0.399 e. The van der Waals surface area contributed by atoms with E-state index in [0.717, 1.165) is 5.69 Å². The number of nitrogen functional groups attached to an aromatic ring is 1. The summed E-state index contributed by atoms with van der Waals surface area (Å²) in [6.07, 6.45) is 0. The maximum Gasteiger partial charge on any atom is 0.0806 e. The summed E-state index contributed by atoms with van der Waals surface area (Å²) in [4.78, 5) is 0. The number of anilines is 2. The molecule has 0 bridgehead atoms. The van der Waals surface area contributed by atoms with E-state index in [-0.39, 0.29) is 38.0 Å². The molecule has 0 heterocycles. The highest BCUT2D eigenvalue weighted by atomic mass is 35.5. The Bertz CT molecular complexity index is 289. The number of aliphatic hydroxyl groups is 2. The van der Waals surface area contributed by atoms with E-state index in [1.54, 1.807) is 31.2 Å². The average molecular weight is 269 g/mol. The minimum atomic E-state index is -0.698. The van der Waals surface area contributed by atoms with Gasteiger partial charge in [-0.1, -0.05) is 0 Å². The van der Waals surface area contributed by atoms with Crippen LogP contribution in [-0.2, 0) is 0 Å². The Kier molecular flexibility index (Phi) is 8.38. The minimum Gasteiger partial charge on any atom is -0.399 e. The van der Waals surface area contributed by atoms with Crippen molar-refractivity contribution in [2.45, 2.75) is 12.5 Å². The Hall–Kier alpha value is -0.680. The van der Waals surface area contributed by atoms with Crippen LogP contribution in [0.4, 0.5) is 11.4 Å². The topological polar surface area (TPSA) is 78.5 Å². The van der Waals surface area contributed by atoms with Crippen molar-refractivity contribution in [3.8, 4) is 0 Å². The number of aliphatic hydroxyl groups excluding tert-OH is 2. The van der Waals surface area contributed by atoms with Gasteiger partial charge in [0.15, 0.2) is 0 Å². The third-order valence-electron chi connectivity index (χ3n) is 2.05. The number of nitrogens with one attached hydrogen (secondary N) is 1. The highest BCUT2D eigenvalue weighted by Gasteiger charge is 2.21. The van der Waals surface area contributed by atoms with E-state index < -0.39 is 5.54 Å². The highest BCUT2D eigenvalue weighted by molar-refractivity contribution is 5.85. The lowest BCUT2D eigenvalue weighted by atomic mass is 10.1. The maximum atomic E-state index is 9.05. The van der Waals surface area contributed by atoms with Gasteiger partial charge >= 0.3 is 0 Å². The van der Waals surface area contributed by atoms with E-state index in [1.165, 1.54) is 0 Å². The molecule has 16 heavy (non-hydrogen) atoms. The number of benzene rings is 1. The van der Waals surface area contributed by atoms with E-state index >= 15 is 0 Å². The van der Waals surface area contributed by atoms with Crippen LogP contribution in [0.3, 0.4) is 0 Å². The highest BCUT2D eigenvalue weighted by Crippen LogP contribution is 2.16. The van der Waals surface area contributed by atoms with Gasteiger partial charge in [-0.2, -0.15) is 0 Å². The monoisotopic (exact) mass is 268 g/mol. The summed E-state index contributed by atoms with van der Waals surface area (Å²) < 4.78 is 0. The van der Waals surface area contributed by atoms with Gasteiger partial charge in [-0.3, -0.25) is 0 Å². The summed E-state index contributed by atoms with van der Waals surface area (Å²) in [5, 5.41) is 21.1. The van der Waals surface area contributed by atoms with Gasteiger partial charge in [0.05, 0.1) is 18.8 Å². The summed E-state index contributed by atoms with van der Waals surface area (Å²) in [7, 11) is 0. The van der Waals surface area contributed by atoms with Gasteiger partial charge in [0, 0.05) is 11.4 Å². The zero-order chi connectivity index (χ0) is 10.6. The summed E-state index contributed by atoms with van der Waals surface area (Å²) >= 11 is 0. The Morgan fingerprint density at radius 3 is 1.94 bits per heavy atom. The molecule has 1 rings (SSSR count). The molecule has 4 nitrogen and oxygen atoms in total. The predicted octanol–water partition coefficient (Wildman–Crippen LogP) is 1.27. The average Bonchev–Trinajstić information content (AvgIpc) is 2.21. The third-order valence-corrected chi connectivity index (χ3v) is 2.05. The SMILES string of the molecule is CC(CO)(CO)Nc1ccc(N)cc1.Cl.Cl. The molecule has 0 aliphatic carbocycles. The molecule has 0 aliphatic rings. The smallest absolute Gasteiger partial charge is 0.0806 e. The molecule has 0 fully saturated rings. The molecule has 0 radical (unpaired) electrons. The van der Waals surface area contributed by atoms with Crippen LogP contribution in [0.2, 0.25) is 0 Å². The molecule has 0 atom stereocenters. The van der Waals surface area contributed by atoms with E-state index in [0.29, 0.717) is 5.69 Å². The van der Waals surface area contributed by atoms with Crippen LogP contribution in [0, 0.1) is 0 Å². The molecule has 0 amide bonds. The molecule has 0 aliphatic heterocycles. The molecule has 6 heteroatoms. The van der Waals surface area contributed by atoms with Gasteiger partial charge in [0.1, 0.15) is 0 Å². The Morgan fingerprint density at radius 2 is 1.56 bits per heavy atom. The summed E-state index contributed by atoms with van der Waals surface area (Å²) in [5.41, 5.74) is 6.34. The Labute approximate surface area is 108 Å². The minimum absolute atomic E-state index is 0. The maximum absolute atomic E-state index is 9.05. The molecule has 0 aromatic heterocycles. The quantitative estimate of drug-likeness (QED) is 0.621. The van der Waals surface area contributed by atoms with Crippen molar-refractivity contribution < 1.29 is 10.2 Å². The fourth-order valence-electron chi connectivity index (χ4n) is 1.04. The van der Waals surface area contributed by atoms with E-state index in [9.17, 15) is 0 Å². The van der Waals surface area contributed by atoms with E-state index in [2.05, 4.69) is 5.32 Å². The van der Waals surface area contributed by atoms with Gasteiger partial charge in [0.25, 0.3) is 0 Å². The van der Waals surface area contributed by atoms with Gasteiger partial charge in [-0.05, 0) is 31.2 Å². The number of rotatable bonds is 4. The van der Waals surface area contributed by atoms with Crippen molar-refractivity contribution in [2.24, 2.45) is 0 Å². The van der Waals surface area contributed by atoms with Crippen LogP contribution < -0.4 is 11.1 Å². The van der Waals surface area contributed by atoms with Crippen LogP contribution >= 0.6 is 24.8 Å². The number of hydrogen-bond acceptors (Lipinski definition) is 4. The first-order valence-corrected chi connectivity index (χ1v) is 4.45. The molecule has 0 saturated carbocycles. The van der Waals surface area contributed by atoms with Crippen LogP contribution in [-0.4, -0.2) is 29.0 Å². The Morgan fingerprint density at radius 1 is 1.12 bits per heavy atom. The summed E-state index contributed by atoms with van der Waals surface area (Å²) in [6, 6.07) is 7.13. The molecule has 94 valence electrons. The first kappa shape index (κ1) is 17.7. The second kappa shape index (κ2) is 7.57. The normalized spacial score (nSPS) is 9.94. The first-order valence-electron chi connectivity index (χ1n) is 4.45. The lowest BCUT2D eigenvalue weighted by Crippen LogP contribution is -2.42.